The van der Waals surface area contributed by atoms with Crippen molar-refractivity contribution in [3.05, 3.63) is 45.9 Å². The molecule has 0 fully saturated rings. The lowest BCUT2D eigenvalue weighted by Gasteiger charge is -2.09. The van der Waals surface area contributed by atoms with E-state index in [0.717, 1.165) is 16.8 Å². The number of nitrogens with zero attached hydrogens (tertiary/aromatic N) is 2. The SMILES string of the molecule is COC(=O)[C@@H](N)Cc1ccc(-c2c(C)n(C)n(C)c2=O)cc1. The largest absolute Gasteiger partial charge is 0.468 e. The molecule has 0 saturated heterocycles. The van der Waals surface area contributed by atoms with Gasteiger partial charge in [0, 0.05) is 19.8 Å². The summed E-state index contributed by atoms with van der Waals surface area (Å²) in [7, 11) is 4.91. The summed E-state index contributed by atoms with van der Waals surface area (Å²) in [5.41, 5.74) is 9.10. The maximum atomic E-state index is 12.3. The lowest BCUT2D eigenvalue weighted by atomic mass is 10.0. The molecule has 2 rings (SSSR count). The van der Waals surface area contributed by atoms with Crippen LogP contribution in [0.5, 0.6) is 0 Å². The molecule has 0 aliphatic heterocycles. The number of benzene rings is 1. The van der Waals surface area contributed by atoms with Crippen molar-refractivity contribution in [2.75, 3.05) is 7.11 Å². The maximum Gasteiger partial charge on any atom is 0.322 e. The number of nitrogens with two attached hydrogens (primary N) is 1. The van der Waals surface area contributed by atoms with Crippen molar-refractivity contribution >= 4 is 5.97 Å². The Morgan fingerprint density at radius 3 is 2.27 bits per heavy atom. The standard InChI is InChI=1S/C16H21N3O3/c1-10-14(15(20)19(3)18(10)2)12-7-5-11(6-8-12)9-13(17)16(21)22-4/h5-8,13H,9,17H2,1-4H3/t13-/m0/s1. The summed E-state index contributed by atoms with van der Waals surface area (Å²) in [5.74, 6) is -0.433. The lowest BCUT2D eigenvalue weighted by Crippen LogP contribution is -2.33. The second-order valence-electron chi connectivity index (χ2n) is 5.34. The summed E-state index contributed by atoms with van der Waals surface area (Å²) in [6.07, 6.45) is 0.402. The van der Waals surface area contributed by atoms with Gasteiger partial charge in [-0.15, -0.1) is 0 Å². The first-order chi connectivity index (χ1) is 10.4. The van der Waals surface area contributed by atoms with E-state index in [4.69, 9.17) is 5.73 Å². The molecule has 0 radical (unpaired) electrons. The predicted octanol–water partition coefficient (Wildman–Crippen LogP) is 0.742. The van der Waals surface area contributed by atoms with Crippen LogP contribution in [0.4, 0.5) is 0 Å². The fraction of sp³-hybridized carbons (Fsp3) is 0.375. The number of rotatable bonds is 4. The minimum Gasteiger partial charge on any atom is -0.468 e. The number of hydrogen-bond donors (Lipinski definition) is 1. The Bertz CT molecular complexity index is 741. The Kier molecular flexibility index (Phi) is 4.51. The van der Waals surface area contributed by atoms with Gasteiger partial charge in [0.25, 0.3) is 5.56 Å². The van der Waals surface area contributed by atoms with Crippen LogP contribution in [0.1, 0.15) is 11.3 Å². The first-order valence-corrected chi connectivity index (χ1v) is 7.02. The molecule has 1 aromatic carbocycles. The van der Waals surface area contributed by atoms with Gasteiger partial charge in [-0.1, -0.05) is 24.3 Å². The Morgan fingerprint density at radius 1 is 1.23 bits per heavy atom. The molecule has 6 heteroatoms. The number of carbonyl (C=O) groups excluding carboxylic acids is 1. The number of aromatic nitrogens is 2. The average molecular weight is 303 g/mol. The fourth-order valence-electron chi connectivity index (χ4n) is 2.47. The second-order valence-corrected chi connectivity index (χ2v) is 5.34. The summed E-state index contributed by atoms with van der Waals surface area (Å²) >= 11 is 0. The van der Waals surface area contributed by atoms with Crippen LogP contribution < -0.4 is 11.3 Å². The molecule has 0 unspecified atom stereocenters. The fourth-order valence-corrected chi connectivity index (χ4v) is 2.47. The highest BCUT2D eigenvalue weighted by atomic mass is 16.5. The number of hydrogen-bond acceptors (Lipinski definition) is 4. The molecule has 1 aromatic heterocycles. The zero-order valence-corrected chi connectivity index (χ0v) is 13.3. The molecule has 22 heavy (non-hydrogen) atoms. The van der Waals surface area contributed by atoms with Crippen LogP contribution in [0.3, 0.4) is 0 Å². The van der Waals surface area contributed by atoms with Gasteiger partial charge < -0.3 is 10.5 Å². The van der Waals surface area contributed by atoms with Crippen LogP contribution in [0.2, 0.25) is 0 Å². The molecule has 0 spiro atoms. The van der Waals surface area contributed by atoms with E-state index in [0.29, 0.717) is 12.0 Å². The minimum atomic E-state index is -0.679. The summed E-state index contributed by atoms with van der Waals surface area (Å²) in [4.78, 5) is 23.6. The molecule has 2 aromatic rings. The third kappa shape index (κ3) is 2.82. The van der Waals surface area contributed by atoms with Gasteiger partial charge in [0.15, 0.2) is 0 Å². The molecule has 6 nitrogen and oxygen atoms in total. The van der Waals surface area contributed by atoms with Crippen LogP contribution in [-0.4, -0.2) is 28.5 Å². The van der Waals surface area contributed by atoms with Crippen molar-refractivity contribution in [3.63, 3.8) is 0 Å². The van der Waals surface area contributed by atoms with Gasteiger partial charge in [-0.2, -0.15) is 0 Å². The van der Waals surface area contributed by atoms with E-state index in [1.165, 1.54) is 7.11 Å². The number of esters is 1. The van der Waals surface area contributed by atoms with E-state index in [-0.39, 0.29) is 5.56 Å². The summed E-state index contributed by atoms with van der Waals surface area (Å²) in [6.45, 7) is 1.91. The van der Waals surface area contributed by atoms with Crippen LogP contribution in [0.15, 0.2) is 29.1 Å². The zero-order valence-electron chi connectivity index (χ0n) is 13.3. The first-order valence-electron chi connectivity index (χ1n) is 7.02. The Hall–Kier alpha value is -2.34. The zero-order chi connectivity index (χ0) is 16.4. The minimum absolute atomic E-state index is 0.0287. The van der Waals surface area contributed by atoms with Gasteiger partial charge in [-0.3, -0.25) is 19.0 Å². The average Bonchev–Trinajstić information content (AvgIpc) is 2.71. The van der Waals surface area contributed by atoms with E-state index in [2.05, 4.69) is 4.74 Å². The Balaban J connectivity index is 2.29. The van der Waals surface area contributed by atoms with Gasteiger partial charge in [-0.05, 0) is 24.5 Å². The molecular formula is C16H21N3O3. The van der Waals surface area contributed by atoms with E-state index >= 15 is 0 Å². The number of ether oxygens (including phenoxy) is 1. The van der Waals surface area contributed by atoms with Gasteiger partial charge in [0.1, 0.15) is 6.04 Å². The summed E-state index contributed by atoms with van der Waals surface area (Å²) in [6, 6.07) is 6.84. The van der Waals surface area contributed by atoms with E-state index in [1.54, 1.807) is 11.7 Å². The van der Waals surface area contributed by atoms with Gasteiger partial charge in [0.05, 0.1) is 12.7 Å². The third-order valence-electron chi connectivity index (χ3n) is 4.01. The highest BCUT2D eigenvalue weighted by molar-refractivity contribution is 5.75. The normalized spacial score (nSPS) is 12.2. The van der Waals surface area contributed by atoms with Gasteiger partial charge >= 0.3 is 5.97 Å². The number of carbonyl (C=O) groups is 1. The van der Waals surface area contributed by atoms with E-state index in [1.807, 2.05) is 42.9 Å². The van der Waals surface area contributed by atoms with Crippen LogP contribution in [0, 0.1) is 6.92 Å². The summed E-state index contributed by atoms with van der Waals surface area (Å²) in [5, 5.41) is 0. The maximum absolute atomic E-state index is 12.3. The summed E-state index contributed by atoms with van der Waals surface area (Å²) < 4.78 is 8.01. The topological polar surface area (TPSA) is 79.2 Å². The molecule has 0 aliphatic rings. The van der Waals surface area contributed by atoms with Gasteiger partial charge in [-0.25, -0.2) is 0 Å². The molecule has 1 atom stereocenters. The molecule has 0 amide bonds. The van der Waals surface area contributed by atoms with E-state index < -0.39 is 12.0 Å². The Labute approximate surface area is 129 Å². The molecule has 118 valence electrons. The smallest absolute Gasteiger partial charge is 0.322 e. The van der Waals surface area contributed by atoms with Gasteiger partial charge in [0.2, 0.25) is 0 Å². The number of methoxy groups -OCH3 is 1. The quantitative estimate of drug-likeness (QED) is 0.845. The van der Waals surface area contributed by atoms with Crippen LogP contribution in [-0.2, 0) is 30.0 Å². The third-order valence-corrected chi connectivity index (χ3v) is 4.01. The highest BCUT2D eigenvalue weighted by Crippen LogP contribution is 2.20. The Morgan fingerprint density at radius 2 is 1.82 bits per heavy atom. The molecule has 1 heterocycles. The highest BCUT2D eigenvalue weighted by Gasteiger charge is 2.16. The van der Waals surface area contributed by atoms with Crippen molar-refractivity contribution in [3.8, 4) is 11.1 Å². The first kappa shape index (κ1) is 16.0. The molecule has 2 N–H and O–H groups in total. The van der Waals surface area contributed by atoms with Crippen molar-refractivity contribution in [2.24, 2.45) is 19.8 Å². The van der Waals surface area contributed by atoms with Crippen LogP contribution >= 0.6 is 0 Å². The predicted molar refractivity (Wildman–Crippen MR) is 84.5 cm³/mol. The van der Waals surface area contributed by atoms with Crippen LogP contribution in [0.25, 0.3) is 11.1 Å². The van der Waals surface area contributed by atoms with Crippen molar-refractivity contribution in [2.45, 2.75) is 19.4 Å². The molecule has 0 aliphatic carbocycles. The second kappa shape index (κ2) is 6.19. The molecule has 0 bridgehead atoms. The van der Waals surface area contributed by atoms with Crippen molar-refractivity contribution in [1.82, 2.24) is 9.36 Å². The van der Waals surface area contributed by atoms with E-state index in [9.17, 15) is 9.59 Å². The molecule has 0 saturated carbocycles. The van der Waals surface area contributed by atoms with Crippen molar-refractivity contribution in [1.29, 1.82) is 0 Å². The molecular weight excluding hydrogens is 282 g/mol. The monoisotopic (exact) mass is 303 g/mol. The van der Waals surface area contributed by atoms with Crippen molar-refractivity contribution < 1.29 is 9.53 Å². The lowest BCUT2D eigenvalue weighted by molar-refractivity contribution is -0.142.